The molecule has 60 valence electrons. The number of allylic oxidation sites excluding steroid dienone is 1. The standard InChI is InChI=1S/C8H17ClSi/c1-5-8(2)6-7-10(3,4)9/h2,5-7H2,1,3-4H3. The molecule has 0 aliphatic heterocycles. The molecule has 0 saturated carbocycles. The van der Waals surface area contributed by atoms with Crippen molar-refractivity contribution in [1.82, 2.24) is 0 Å². The average Bonchev–Trinajstić information content (AvgIpc) is 1.81. The number of hydrogen-bond donors (Lipinski definition) is 0. The van der Waals surface area contributed by atoms with Gasteiger partial charge in [-0.1, -0.05) is 32.2 Å². The van der Waals surface area contributed by atoms with Gasteiger partial charge >= 0.3 is 0 Å². The van der Waals surface area contributed by atoms with Crippen molar-refractivity contribution in [2.45, 2.75) is 38.9 Å². The molecule has 0 radical (unpaired) electrons. The zero-order valence-corrected chi connectivity index (χ0v) is 8.96. The highest BCUT2D eigenvalue weighted by Gasteiger charge is 2.15. The summed E-state index contributed by atoms with van der Waals surface area (Å²) < 4.78 is 0. The lowest BCUT2D eigenvalue weighted by molar-refractivity contribution is 0.973. The van der Waals surface area contributed by atoms with Crippen molar-refractivity contribution < 1.29 is 0 Å². The molecule has 0 aliphatic carbocycles. The number of rotatable bonds is 4. The Morgan fingerprint density at radius 3 is 2.30 bits per heavy atom. The Morgan fingerprint density at radius 1 is 1.50 bits per heavy atom. The molecular formula is C8H17ClSi. The summed E-state index contributed by atoms with van der Waals surface area (Å²) in [5.74, 6) is 0. The molecule has 0 spiro atoms. The lowest BCUT2D eigenvalue weighted by Crippen LogP contribution is -2.15. The van der Waals surface area contributed by atoms with E-state index in [0.717, 1.165) is 12.8 Å². The Balaban J connectivity index is 3.46. The van der Waals surface area contributed by atoms with Crippen molar-refractivity contribution in [3.63, 3.8) is 0 Å². The van der Waals surface area contributed by atoms with Crippen LogP contribution in [0.4, 0.5) is 0 Å². The fraction of sp³-hybridized carbons (Fsp3) is 0.750. The maximum absolute atomic E-state index is 6.13. The molecule has 0 atom stereocenters. The van der Waals surface area contributed by atoms with Gasteiger partial charge in [-0.05, 0) is 18.9 Å². The second-order valence-corrected chi connectivity index (χ2v) is 10.3. The summed E-state index contributed by atoms with van der Waals surface area (Å²) >= 11 is 6.13. The number of halogens is 1. The van der Waals surface area contributed by atoms with E-state index < -0.39 is 7.38 Å². The van der Waals surface area contributed by atoms with E-state index in [0.29, 0.717) is 0 Å². The topological polar surface area (TPSA) is 0 Å². The highest BCUT2D eigenvalue weighted by atomic mass is 35.6. The Kier molecular flexibility index (Phi) is 4.30. The van der Waals surface area contributed by atoms with Gasteiger partial charge in [0.25, 0.3) is 0 Å². The molecule has 0 aliphatic rings. The van der Waals surface area contributed by atoms with Crippen molar-refractivity contribution in [3.05, 3.63) is 12.2 Å². The van der Waals surface area contributed by atoms with Crippen LogP contribution in [0, 0.1) is 0 Å². The quantitative estimate of drug-likeness (QED) is 0.348. The average molecular weight is 177 g/mol. The highest BCUT2D eigenvalue weighted by Crippen LogP contribution is 2.19. The van der Waals surface area contributed by atoms with Crippen molar-refractivity contribution in [2.75, 3.05) is 0 Å². The van der Waals surface area contributed by atoms with Crippen LogP contribution >= 0.6 is 11.1 Å². The molecule has 0 heterocycles. The van der Waals surface area contributed by atoms with Crippen LogP contribution in [0.2, 0.25) is 19.1 Å². The highest BCUT2D eigenvalue weighted by molar-refractivity contribution is 7.19. The fourth-order valence-corrected chi connectivity index (χ4v) is 1.88. The third-order valence-electron chi connectivity index (χ3n) is 1.57. The molecule has 0 bridgehead atoms. The van der Waals surface area contributed by atoms with Gasteiger partial charge in [0.1, 0.15) is 0 Å². The predicted octanol–water partition coefficient (Wildman–Crippen LogP) is 3.79. The first-order valence-electron chi connectivity index (χ1n) is 3.81. The van der Waals surface area contributed by atoms with Crippen molar-refractivity contribution in [2.24, 2.45) is 0 Å². The van der Waals surface area contributed by atoms with E-state index in [2.05, 4.69) is 26.6 Å². The van der Waals surface area contributed by atoms with Gasteiger partial charge in [0.2, 0.25) is 0 Å². The normalized spacial score (nSPS) is 11.6. The van der Waals surface area contributed by atoms with Crippen molar-refractivity contribution in [1.29, 1.82) is 0 Å². The minimum atomic E-state index is -1.32. The molecule has 10 heavy (non-hydrogen) atoms. The molecule has 0 rings (SSSR count). The molecule has 0 nitrogen and oxygen atoms in total. The largest absolute Gasteiger partial charge is 0.168 e. The molecular weight excluding hydrogens is 160 g/mol. The molecule has 0 amide bonds. The second-order valence-electron chi connectivity index (χ2n) is 3.32. The number of hydrogen-bond acceptors (Lipinski definition) is 0. The van der Waals surface area contributed by atoms with E-state index in [-0.39, 0.29) is 0 Å². The van der Waals surface area contributed by atoms with Crippen molar-refractivity contribution in [3.8, 4) is 0 Å². The van der Waals surface area contributed by atoms with Crippen LogP contribution < -0.4 is 0 Å². The van der Waals surface area contributed by atoms with Crippen LogP contribution in [-0.2, 0) is 0 Å². The maximum Gasteiger partial charge on any atom is 0.150 e. The van der Waals surface area contributed by atoms with Crippen LogP contribution in [0.3, 0.4) is 0 Å². The van der Waals surface area contributed by atoms with Gasteiger partial charge in [-0.15, -0.1) is 0 Å². The molecule has 0 N–H and O–H groups in total. The molecule has 0 aromatic rings. The lowest BCUT2D eigenvalue weighted by atomic mass is 10.2. The van der Waals surface area contributed by atoms with E-state index in [9.17, 15) is 0 Å². The van der Waals surface area contributed by atoms with Gasteiger partial charge in [0.05, 0.1) is 0 Å². The molecule has 0 aromatic heterocycles. The molecule has 0 unspecified atom stereocenters. The van der Waals surface area contributed by atoms with Gasteiger partial charge in [0.15, 0.2) is 7.38 Å². The summed E-state index contributed by atoms with van der Waals surface area (Å²) in [6, 6.07) is 1.17. The third-order valence-corrected chi connectivity index (χ3v) is 3.58. The predicted molar refractivity (Wildman–Crippen MR) is 52.2 cm³/mol. The molecule has 0 saturated heterocycles. The van der Waals surface area contributed by atoms with E-state index in [1.54, 1.807) is 0 Å². The minimum absolute atomic E-state index is 1.10. The zero-order chi connectivity index (χ0) is 8.20. The summed E-state index contributed by atoms with van der Waals surface area (Å²) in [5, 5.41) is 0. The van der Waals surface area contributed by atoms with Crippen LogP contribution in [0.5, 0.6) is 0 Å². The minimum Gasteiger partial charge on any atom is -0.168 e. The summed E-state index contributed by atoms with van der Waals surface area (Å²) in [4.78, 5) is 0. The summed E-state index contributed by atoms with van der Waals surface area (Å²) in [6.07, 6.45) is 2.22. The molecule has 2 heteroatoms. The van der Waals surface area contributed by atoms with Gasteiger partial charge in [-0.3, -0.25) is 0 Å². The summed E-state index contributed by atoms with van der Waals surface area (Å²) in [6.45, 7) is 10.4. The van der Waals surface area contributed by atoms with Gasteiger partial charge < -0.3 is 0 Å². The molecule has 0 fully saturated rings. The smallest absolute Gasteiger partial charge is 0.150 e. The van der Waals surface area contributed by atoms with E-state index in [4.69, 9.17) is 11.1 Å². The zero-order valence-electron chi connectivity index (χ0n) is 7.21. The van der Waals surface area contributed by atoms with E-state index >= 15 is 0 Å². The van der Waals surface area contributed by atoms with Gasteiger partial charge in [-0.2, -0.15) is 11.1 Å². The first kappa shape index (κ1) is 10.2. The SMILES string of the molecule is C=C(CC)CC[Si](C)(C)Cl. The van der Waals surface area contributed by atoms with Gasteiger partial charge in [0, 0.05) is 0 Å². The van der Waals surface area contributed by atoms with Crippen LogP contribution in [0.1, 0.15) is 19.8 Å². The van der Waals surface area contributed by atoms with Crippen molar-refractivity contribution >= 4 is 18.5 Å². The molecule has 0 aromatic carbocycles. The Hall–Kier alpha value is 0.247. The van der Waals surface area contributed by atoms with E-state index in [1.165, 1.54) is 11.6 Å². The van der Waals surface area contributed by atoms with E-state index in [1.807, 2.05) is 0 Å². The van der Waals surface area contributed by atoms with Gasteiger partial charge in [-0.25, -0.2) is 0 Å². The Labute approximate surface area is 70.0 Å². The third kappa shape index (κ3) is 6.37. The Morgan fingerprint density at radius 2 is 2.00 bits per heavy atom. The first-order valence-corrected chi connectivity index (χ1v) is 8.03. The van der Waals surface area contributed by atoms with Crippen LogP contribution in [-0.4, -0.2) is 7.38 Å². The first-order chi connectivity index (χ1) is 4.45. The summed E-state index contributed by atoms with van der Waals surface area (Å²) in [5.41, 5.74) is 1.33. The lowest BCUT2D eigenvalue weighted by Gasteiger charge is -2.12. The maximum atomic E-state index is 6.13. The monoisotopic (exact) mass is 176 g/mol. The van der Waals surface area contributed by atoms with Crippen LogP contribution in [0.25, 0.3) is 0 Å². The van der Waals surface area contributed by atoms with Crippen LogP contribution in [0.15, 0.2) is 12.2 Å². The Bertz CT molecular complexity index is 113. The second kappa shape index (κ2) is 4.19. The summed E-state index contributed by atoms with van der Waals surface area (Å²) in [7, 11) is -1.32. The fourth-order valence-electron chi connectivity index (χ4n) is 0.651.